The molecule has 0 saturated heterocycles. The zero-order chi connectivity index (χ0) is 12.4. The first-order chi connectivity index (χ1) is 8.13. The third-order valence-electron chi connectivity index (χ3n) is 2.60. The van der Waals surface area contributed by atoms with E-state index in [9.17, 15) is 4.39 Å². The Balaban J connectivity index is 2.49. The van der Waals surface area contributed by atoms with Crippen molar-refractivity contribution in [2.45, 2.75) is 13.0 Å². The molecule has 0 aliphatic carbocycles. The van der Waals surface area contributed by atoms with E-state index in [2.05, 4.69) is 21.4 Å². The van der Waals surface area contributed by atoms with E-state index in [1.165, 1.54) is 12.1 Å². The number of benzene rings is 1. The van der Waals surface area contributed by atoms with Crippen LogP contribution in [-0.4, -0.2) is 0 Å². The van der Waals surface area contributed by atoms with Gasteiger partial charge in [0.25, 0.3) is 0 Å². The molecule has 5 heteroatoms. The first kappa shape index (κ1) is 12.7. The van der Waals surface area contributed by atoms with Crippen LogP contribution in [0.3, 0.4) is 0 Å². The van der Waals surface area contributed by atoms with Crippen molar-refractivity contribution in [3.63, 3.8) is 0 Å². The molecule has 0 amide bonds. The monoisotopic (exact) mass is 314 g/mol. The van der Waals surface area contributed by atoms with Crippen LogP contribution < -0.4 is 11.3 Å². The van der Waals surface area contributed by atoms with E-state index in [4.69, 9.17) is 5.84 Å². The molecule has 0 saturated carbocycles. The predicted molar refractivity (Wildman–Crippen MR) is 72.3 cm³/mol. The average Bonchev–Trinajstić information content (AvgIpc) is 2.71. The van der Waals surface area contributed by atoms with Crippen LogP contribution in [0, 0.1) is 12.7 Å². The van der Waals surface area contributed by atoms with Gasteiger partial charge in [0.05, 0.1) is 6.04 Å². The van der Waals surface area contributed by atoms with Gasteiger partial charge in [-0.2, -0.15) is 0 Å². The maximum absolute atomic E-state index is 13.3. The van der Waals surface area contributed by atoms with Crippen LogP contribution in [0.4, 0.5) is 4.39 Å². The van der Waals surface area contributed by atoms with Gasteiger partial charge < -0.3 is 0 Å². The molecule has 2 aromatic rings. The second kappa shape index (κ2) is 5.27. The molecule has 1 unspecified atom stereocenters. The Bertz CT molecular complexity index is 527. The number of aryl methyl sites for hydroxylation is 1. The molecule has 0 bridgehead atoms. The maximum atomic E-state index is 13.3. The molecule has 0 spiro atoms. The standard InChI is InChI=1S/C12H12BrFN2S/c1-7-4-5-17-12(7)11(16-15)9-6-8(14)2-3-10(9)13/h2-6,11,16H,15H2,1H3. The van der Waals surface area contributed by atoms with Crippen LogP contribution in [-0.2, 0) is 0 Å². The fourth-order valence-corrected chi connectivity index (χ4v) is 3.20. The fraction of sp³-hybridized carbons (Fsp3) is 0.167. The highest BCUT2D eigenvalue weighted by atomic mass is 79.9. The van der Waals surface area contributed by atoms with Crippen molar-refractivity contribution in [1.29, 1.82) is 0 Å². The molecular weight excluding hydrogens is 303 g/mol. The number of hydrogen-bond acceptors (Lipinski definition) is 3. The summed E-state index contributed by atoms with van der Waals surface area (Å²) in [5.74, 6) is 5.33. The number of halogens is 2. The highest BCUT2D eigenvalue weighted by Crippen LogP contribution is 2.33. The van der Waals surface area contributed by atoms with Crippen LogP contribution in [0.5, 0.6) is 0 Å². The van der Waals surface area contributed by atoms with Gasteiger partial charge in [-0.1, -0.05) is 15.9 Å². The van der Waals surface area contributed by atoms with Gasteiger partial charge in [0.2, 0.25) is 0 Å². The number of thiophene rings is 1. The summed E-state index contributed by atoms with van der Waals surface area (Å²) in [6.07, 6.45) is 0. The lowest BCUT2D eigenvalue weighted by molar-refractivity contribution is 0.606. The highest BCUT2D eigenvalue weighted by molar-refractivity contribution is 9.10. The minimum atomic E-state index is -0.266. The normalized spacial score (nSPS) is 12.7. The Morgan fingerprint density at radius 3 is 2.76 bits per heavy atom. The van der Waals surface area contributed by atoms with Gasteiger partial charge in [0, 0.05) is 9.35 Å². The van der Waals surface area contributed by atoms with Crippen molar-refractivity contribution in [1.82, 2.24) is 5.43 Å². The van der Waals surface area contributed by atoms with E-state index in [0.29, 0.717) is 0 Å². The first-order valence-electron chi connectivity index (χ1n) is 5.08. The molecule has 0 fully saturated rings. The lowest BCUT2D eigenvalue weighted by atomic mass is 10.0. The van der Waals surface area contributed by atoms with Gasteiger partial charge in [0.15, 0.2) is 0 Å². The molecule has 17 heavy (non-hydrogen) atoms. The first-order valence-corrected chi connectivity index (χ1v) is 6.76. The number of rotatable bonds is 3. The molecule has 0 aliphatic rings. The quantitative estimate of drug-likeness (QED) is 0.672. The summed E-state index contributed by atoms with van der Waals surface area (Å²) in [6, 6.07) is 6.44. The van der Waals surface area contributed by atoms with Crippen molar-refractivity contribution < 1.29 is 4.39 Å². The Labute approximate surface area is 112 Å². The van der Waals surface area contributed by atoms with E-state index in [1.54, 1.807) is 17.4 Å². The topological polar surface area (TPSA) is 38.0 Å². The van der Waals surface area contributed by atoms with Crippen molar-refractivity contribution in [3.05, 3.63) is 55.9 Å². The highest BCUT2D eigenvalue weighted by Gasteiger charge is 2.19. The number of nitrogens with two attached hydrogens (primary N) is 1. The van der Waals surface area contributed by atoms with Crippen LogP contribution in [0.2, 0.25) is 0 Å². The number of nitrogens with one attached hydrogen (secondary N) is 1. The zero-order valence-corrected chi connectivity index (χ0v) is 11.6. The van der Waals surface area contributed by atoms with Gasteiger partial charge >= 0.3 is 0 Å². The Kier molecular flexibility index (Phi) is 3.93. The zero-order valence-electron chi connectivity index (χ0n) is 9.21. The molecule has 2 nitrogen and oxygen atoms in total. The molecular formula is C12H12BrFN2S. The molecule has 3 N–H and O–H groups in total. The number of hydrazine groups is 1. The van der Waals surface area contributed by atoms with Crippen LogP contribution in [0.25, 0.3) is 0 Å². The Hall–Kier alpha value is -0.750. The van der Waals surface area contributed by atoms with E-state index in [0.717, 1.165) is 20.5 Å². The van der Waals surface area contributed by atoms with Crippen molar-refractivity contribution in [3.8, 4) is 0 Å². The van der Waals surface area contributed by atoms with E-state index in [-0.39, 0.29) is 11.9 Å². The lowest BCUT2D eigenvalue weighted by Gasteiger charge is -2.17. The van der Waals surface area contributed by atoms with E-state index < -0.39 is 0 Å². The Morgan fingerprint density at radius 2 is 2.18 bits per heavy atom. The third-order valence-corrected chi connectivity index (χ3v) is 4.41. The molecule has 0 aliphatic heterocycles. The van der Waals surface area contributed by atoms with Gasteiger partial charge in [-0.25, -0.2) is 9.82 Å². The molecule has 90 valence electrons. The third kappa shape index (κ3) is 2.57. The van der Waals surface area contributed by atoms with E-state index in [1.807, 2.05) is 18.4 Å². The molecule has 1 aromatic carbocycles. The SMILES string of the molecule is Cc1ccsc1C(NN)c1cc(F)ccc1Br. The summed E-state index contributed by atoms with van der Waals surface area (Å²) >= 11 is 5.03. The van der Waals surface area contributed by atoms with Crippen molar-refractivity contribution >= 4 is 27.3 Å². The fourth-order valence-electron chi connectivity index (χ4n) is 1.72. The second-order valence-electron chi connectivity index (χ2n) is 3.73. The minimum absolute atomic E-state index is 0.194. The summed E-state index contributed by atoms with van der Waals surface area (Å²) in [5.41, 5.74) is 4.69. The lowest BCUT2D eigenvalue weighted by Crippen LogP contribution is -2.29. The largest absolute Gasteiger partial charge is 0.271 e. The summed E-state index contributed by atoms with van der Waals surface area (Å²) in [5, 5.41) is 2.00. The van der Waals surface area contributed by atoms with Gasteiger partial charge in [-0.3, -0.25) is 5.84 Å². The van der Waals surface area contributed by atoms with Crippen LogP contribution >= 0.6 is 27.3 Å². The maximum Gasteiger partial charge on any atom is 0.123 e. The number of hydrogen-bond donors (Lipinski definition) is 2. The molecule has 0 radical (unpaired) electrons. The average molecular weight is 315 g/mol. The molecule has 1 atom stereocenters. The van der Waals surface area contributed by atoms with Gasteiger partial charge in [-0.05, 0) is 47.7 Å². The summed E-state index contributed by atoms with van der Waals surface area (Å²) < 4.78 is 14.1. The van der Waals surface area contributed by atoms with Crippen molar-refractivity contribution in [2.75, 3.05) is 0 Å². The second-order valence-corrected chi connectivity index (χ2v) is 5.54. The molecule has 1 aromatic heterocycles. The summed E-state index contributed by atoms with van der Waals surface area (Å²) in [4.78, 5) is 1.10. The Morgan fingerprint density at radius 1 is 1.41 bits per heavy atom. The van der Waals surface area contributed by atoms with Gasteiger partial charge in [-0.15, -0.1) is 11.3 Å². The van der Waals surface area contributed by atoms with E-state index >= 15 is 0 Å². The molecule has 1 heterocycles. The smallest absolute Gasteiger partial charge is 0.123 e. The minimum Gasteiger partial charge on any atom is -0.271 e. The van der Waals surface area contributed by atoms with Crippen molar-refractivity contribution in [2.24, 2.45) is 5.84 Å². The van der Waals surface area contributed by atoms with Crippen LogP contribution in [0.1, 0.15) is 22.0 Å². The van der Waals surface area contributed by atoms with Gasteiger partial charge in [0.1, 0.15) is 5.82 Å². The predicted octanol–water partition coefficient (Wildman–Crippen LogP) is 3.51. The summed E-state index contributed by atoms with van der Waals surface area (Å²) in [6.45, 7) is 2.02. The van der Waals surface area contributed by atoms with Crippen LogP contribution in [0.15, 0.2) is 34.1 Å². The summed E-state index contributed by atoms with van der Waals surface area (Å²) in [7, 11) is 0. The molecule has 2 rings (SSSR count).